The van der Waals surface area contributed by atoms with E-state index in [2.05, 4.69) is 4.98 Å². The Morgan fingerprint density at radius 1 is 0.971 bits per heavy atom. The Bertz CT molecular complexity index is 1720. The van der Waals surface area contributed by atoms with Gasteiger partial charge in [-0.05, 0) is 55.0 Å². The molecule has 0 aliphatic rings. The van der Waals surface area contributed by atoms with Gasteiger partial charge in [0, 0.05) is 30.4 Å². The number of fused-ring (bicyclic) bond motifs is 1. The van der Waals surface area contributed by atoms with Crippen molar-refractivity contribution in [2.45, 2.75) is 11.8 Å². The zero-order chi connectivity index (χ0) is 24.7. The Morgan fingerprint density at radius 3 is 2.46 bits per heavy atom. The van der Waals surface area contributed by atoms with Crippen molar-refractivity contribution in [1.29, 1.82) is 0 Å². The second-order valence-corrected chi connectivity index (χ2v) is 9.91. The van der Waals surface area contributed by atoms with Crippen LogP contribution in [-0.4, -0.2) is 21.9 Å². The van der Waals surface area contributed by atoms with Crippen molar-refractivity contribution in [3.05, 3.63) is 107 Å². The molecule has 3 aromatic heterocycles. The first-order chi connectivity index (χ1) is 16.7. The molecule has 2 aromatic carbocycles. The molecule has 0 fully saturated rings. The summed E-state index contributed by atoms with van der Waals surface area (Å²) in [5, 5.41) is 0.490. The molecule has 0 N–H and O–H groups in total. The predicted molar refractivity (Wildman–Crippen MR) is 131 cm³/mol. The van der Waals surface area contributed by atoms with Crippen molar-refractivity contribution in [3.63, 3.8) is 0 Å². The number of hydrogen-bond acceptors (Lipinski definition) is 5. The molecule has 9 heteroatoms. The van der Waals surface area contributed by atoms with Gasteiger partial charge in [0.05, 0.1) is 11.1 Å². The van der Waals surface area contributed by atoms with Gasteiger partial charge in [-0.1, -0.05) is 29.8 Å². The highest BCUT2D eigenvalue weighted by Crippen LogP contribution is 2.32. The van der Waals surface area contributed by atoms with Crippen LogP contribution in [0.1, 0.15) is 5.56 Å². The fourth-order valence-electron chi connectivity index (χ4n) is 3.87. The van der Waals surface area contributed by atoms with E-state index in [-0.39, 0.29) is 10.4 Å². The Labute approximate surface area is 200 Å². The number of aryl methyl sites for hydroxylation is 2. The number of nitrogens with zero attached hydrogens (tertiary/aromatic N) is 3. The summed E-state index contributed by atoms with van der Waals surface area (Å²) in [7, 11) is -2.41. The molecule has 0 unspecified atom stereocenters. The van der Waals surface area contributed by atoms with Gasteiger partial charge in [-0.2, -0.15) is 4.39 Å². The van der Waals surface area contributed by atoms with Crippen molar-refractivity contribution in [1.82, 2.24) is 13.5 Å². The molecule has 35 heavy (non-hydrogen) atoms. The van der Waals surface area contributed by atoms with E-state index in [9.17, 15) is 17.6 Å². The first kappa shape index (κ1) is 22.5. The lowest BCUT2D eigenvalue weighted by Gasteiger charge is -2.12. The second-order valence-electron chi connectivity index (χ2n) is 8.10. The lowest BCUT2D eigenvalue weighted by atomic mass is 10.0. The number of benzene rings is 2. The summed E-state index contributed by atoms with van der Waals surface area (Å²) in [6, 6.07) is 17.9. The lowest BCUT2D eigenvalue weighted by Crippen LogP contribution is -2.22. The molecule has 5 aromatic rings. The molecule has 0 aliphatic carbocycles. The molecule has 0 atom stereocenters. The van der Waals surface area contributed by atoms with E-state index in [1.165, 1.54) is 41.2 Å². The van der Waals surface area contributed by atoms with E-state index in [0.29, 0.717) is 28.0 Å². The number of halogens is 1. The van der Waals surface area contributed by atoms with Crippen LogP contribution >= 0.6 is 0 Å². The van der Waals surface area contributed by atoms with Crippen LogP contribution in [0.25, 0.3) is 22.0 Å². The van der Waals surface area contributed by atoms with Gasteiger partial charge in [-0.25, -0.2) is 17.4 Å². The van der Waals surface area contributed by atoms with E-state index in [0.717, 1.165) is 9.54 Å². The average Bonchev–Trinajstić information content (AvgIpc) is 3.30. The van der Waals surface area contributed by atoms with Crippen LogP contribution in [-0.2, 0) is 17.1 Å². The summed E-state index contributed by atoms with van der Waals surface area (Å²) in [5.74, 6) is 0.234. The average molecular weight is 490 g/mol. The third kappa shape index (κ3) is 4.10. The minimum Gasteiger partial charge on any atom is -0.456 e. The highest BCUT2D eigenvalue weighted by Gasteiger charge is 2.23. The summed E-state index contributed by atoms with van der Waals surface area (Å²) < 4.78 is 48.0. The van der Waals surface area contributed by atoms with E-state index >= 15 is 0 Å². The maximum atomic E-state index is 13.4. The molecule has 176 valence electrons. The first-order valence-electron chi connectivity index (χ1n) is 10.7. The smallest absolute Gasteiger partial charge is 0.275 e. The highest BCUT2D eigenvalue weighted by molar-refractivity contribution is 7.90. The number of pyridine rings is 2. The van der Waals surface area contributed by atoms with Crippen molar-refractivity contribution in [2.24, 2.45) is 7.05 Å². The van der Waals surface area contributed by atoms with Gasteiger partial charge < -0.3 is 9.30 Å². The van der Waals surface area contributed by atoms with Crippen LogP contribution in [0.3, 0.4) is 0 Å². The number of rotatable bonds is 5. The lowest BCUT2D eigenvalue weighted by molar-refractivity contribution is 0.474. The molecule has 0 aliphatic heterocycles. The summed E-state index contributed by atoms with van der Waals surface area (Å²) >= 11 is 0. The third-order valence-corrected chi connectivity index (χ3v) is 7.34. The fourth-order valence-corrected chi connectivity index (χ4v) is 5.22. The molecular weight excluding hydrogens is 469 g/mol. The van der Waals surface area contributed by atoms with E-state index in [1.54, 1.807) is 49.6 Å². The third-order valence-electron chi connectivity index (χ3n) is 5.65. The molecular formula is C26H20FN3O4S. The van der Waals surface area contributed by atoms with Crippen molar-refractivity contribution >= 4 is 20.9 Å². The molecule has 3 heterocycles. The van der Waals surface area contributed by atoms with Gasteiger partial charge >= 0.3 is 0 Å². The van der Waals surface area contributed by atoms with Crippen molar-refractivity contribution < 1.29 is 17.5 Å². The van der Waals surface area contributed by atoms with E-state index in [4.69, 9.17) is 4.74 Å². The van der Waals surface area contributed by atoms with Gasteiger partial charge in [-0.3, -0.25) is 4.79 Å². The van der Waals surface area contributed by atoms with Crippen LogP contribution in [0, 0.1) is 12.9 Å². The van der Waals surface area contributed by atoms with Crippen LogP contribution < -0.4 is 10.3 Å². The quantitative estimate of drug-likeness (QED) is 0.329. The maximum absolute atomic E-state index is 13.4. The summed E-state index contributed by atoms with van der Waals surface area (Å²) in [6.45, 7) is 1.87. The minimum atomic E-state index is -3.99. The Morgan fingerprint density at radius 2 is 1.74 bits per heavy atom. The van der Waals surface area contributed by atoms with Gasteiger partial charge in [-0.15, -0.1) is 0 Å². The molecule has 0 bridgehead atoms. The number of hydrogen-bond donors (Lipinski definition) is 0. The molecule has 0 saturated carbocycles. The predicted octanol–water partition coefficient (Wildman–Crippen LogP) is 4.88. The topological polar surface area (TPSA) is 83.2 Å². The van der Waals surface area contributed by atoms with Crippen molar-refractivity contribution in [2.75, 3.05) is 0 Å². The largest absolute Gasteiger partial charge is 0.456 e. The minimum absolute atomic E-state index is 0.0552. The van der Waals surface area contributed by atoms with Gasteiger partial charge in [0.2, 0.25) is 5.95 Å². The number of aromatic nitrogens is 3. The van der Waals surface area contributed by atoms with Crippen LogP contribution in [0.15, 0.2) is 95.0 Å². The SMILES string of the molecule is Cc1ccc(S(=O)(=O)n2ccc3c(-c4cccc(Oc5ccc(F)nc5)c4)cn(C)c(=O)c32)cc1. The molecule has 0 radical (unpaired) electrons. The standard InChI is InChI=1S/C26H20FN3O4S/c1-17-6-9-21(10-7-17)35(32,33)30-13-12-22-23(16-29(2)26(31)25(22)30)18-4-3-5-19(14-18)34-20-8-11-24(27)28-15-20/h3-16H,1-2H3. The zero-order valence-corrected chi connectivity index (χ0v) is 19.7. The normalized spacial score (nSPS) is 11.6. The van der Waals surface area contributed by atoms with E-state index < -0.39 is 21.5 Å². The van der Waals surface area contributed by atoms with Gasteiger partial charge in [0.15, 0.2) is 0 Å². The number of ether oxygens (including phenoxy) is 1. The highest BCUT2D eigenvalue weighted by atomic mass is 32.2. The van der Waals surface area contributed by atoms with Crippen molar-refractivity contribution in [3.8, 4) is 22.6 Å². The molecule has 0 amide bonds. The fraction of sp³-hybridized carbons (Fsp3) is 0.0769. The summed E-state index contributed by atoms with van der Waals surface area (Å²) in [4.78, 5) is 16.8. The van der Waals surface area contributed by atoms with Gasteiger partial charge in [0.1, 0.15) is 17.0 Å². The van der Waals surface area contributed by atoms with Crippen LogP contribution in [0.5, 0.6) is 11.5 Å². The van der Waals surface area contributed by atoms with Gasteiger partial charge in [0.25, 0.3) is 15.6 Å². The van der Waals surface area contributed by atoms with Crippen LogP contribution in [0.2, 0.25) is 0 Å². The zero-order valence-electron chi connectivity index (χ0n) is 18.8. The Kier molecular flexibility index (Phi) is 5.49. The molecule has 0 spiro atoms. The maximum Gasteiger partial charge on any atom is 0.275 e. The molecule has 0 saturated heterocycles. The Balaban J connectivity index is 1.63. The monoisotopic (exact) mass is 489 g/mol. The van der Waals surface area contributed by atoms with Crippen LogP contribution in [0.4, 0.5) is 4.39 Å². The molecule has 7 nitrogen and oxygen atoms in total. The Hall–Kier alpha value is -4.24. The van der Waals surface area contributed by atoms with E-state index in [1.807, 2.05) is 13.0 Å². The molecule has 5 rings (SSSR count). The summed E-state index contributed by atoms with van der Waals surface area (Å²) in [5.41, 5.74) is 1.91. The first-order valence-corrected chi connectivity index (χ1v) is 12.1. The second kappa shape index (κ2) is 8.52. The summed E-state index contributed by atoms with van der Waals surface area (Å²) in [6.07, 6.45) is 4.34.